The molecule has 0 heterocycles. The Morgan fingerprint density at radius 1 is 1.08 bits per heavy atom. The van der Waals surface area contributed by atoms with Gasteiger partial charge in [0.1, 0.15) is 0 Å². The minimum absolute atomic E-state index is 0.0343. The largest absolute Gasteiger partial charge is 0.493 e. The van der Waals surface area contributed by atoms with Gasteiger partial charge in [0.15, 0.2) is 18.1 Å². The maximum atomic E-state index is 11.8. The van der Waals surface area contributed by atoms with Crippen molar-refractivity contribution in [1.82, 2.24) is 5.32 Å². The minimum atomic E-state index is -0.351. The lowest BCUT2D eigenvalue weighted by Gasteiger charge is -2.22. The monoisotopic (exact) mass is 337 g/mol. The SMILES string of the molecule is COc1cc(CNC(=O)COC(=O)C2CCC2)cc(OC)c1OC. The van der Waals surface area contributed by atoms with E-state index in [0.29, 0.717) is 17.2 Å². The summed E-state index contributed by atoms with van der Waals surface area (Å²) in [7, 11) is 4.58. The number of methoxy groups -OCH3 is 3. The molecule has 0 spiro atoms. The van der Waals surface area contributed by atoms with Crippen molar-refractivity contribution in [3.63, 3.8) is 0 Å². The van der Waals surface area contributed by atoms with Crippen LogP contribution in [0.15, 0.2) is 12.1 Å². The van der Waals surface area contributed by atoms with Crippen molar-refractivity contribution in [1.29, 1.82) is 0 Å². The Morgan fingerprint density at radius 2 is 1.71 bits per heavy atom. The van der Waals surface area contributed by atoms with E-state index in [4.69, 9.17) is 18.9 Å². The summed E-state index contributed by atoms with van der Waals surface area (Å²) in [5, 5.41) is 2.70. The number of hydrogen-bond donors (Lipinski definition) is 1. The molecule has 132 valence electrons. The second-order valence-electron chi connectivity index (χ2n) is 5.55. The topological polar surface area (TPSA) is 83.1 Å². The average Bonchev–Trinajstić information content (AvgIpc) is 2.55. The van der Waals surface area contributed by atoms with Gasteiger partial charge in [-0.3, -0.25) is 9.59 Å². The predicted octanol–water partition coefficient (Wildman–Crippen LogP) is 1.67. The van der Waals surface area contributed by atoms with Crippen LogP contribution in [0.25, 0.3) is 0 Å². The molecular formula is C17H23NO6. The number of hydrogen-bond acceptors (Lipinski definition) is 6. The zero-order valence-electron chi connectivity index (χ0n) is 14.2. The highest BCUT2D eigenvalue weighted by Crippen LogP contribution is 2.38. The number of esters is 1. The second kappa shape index (κ2) is 8.42. The van der Waals surface area contributed by atoms with Crippen LogP contribution in [-0.4, -0.2) is 39.8 Å². The van der Waals surface area contributed by atoms with Gasteiger partial charge in [-0.05, 0) is 30.5 Å². The molecule has 0 bridgehead atoms. The highest BCUT2D eigenvalue weighted by Gasteiger charge is 2.27. The molecule has 0 saturated heterocycles. The van der Waals surface area contributed by atoms with E-state index in [1.807, 2.05) is 0 Å². The summed E-state index contributed by atoms with van der Waals surface area (Å²) in [5.74, 6) is 0.841. The lowest BCUT2D eigenvalue weighted by Crippen LogP contribution is -2.31. The van der Waals surface area contributed by atoms with Gasteiger partial charge in [0.2, 0.25) is 5.75 Å². The summed E-state index contributed by atoms with van der Waals surface area (Å²) in [6.45, 7) is -0.00369. The molecule has 1 amide bonds. The summed E-state index contributed by atoms with van der Waals surface area (Å²) in [4.78, 5) is 23.4. The summed E-state index contributed by atoms with van der Waals surface area (Å²) < 4.78 is 20.8. The van der Waals surface area contributed by atoms with Gasteiger partial charge in [-0.25, -0.2) is 0 Å². The van der Waals surface area contributed by atoms with Gasteiger partial charge < -0.3 is 24.3 Å². The van der Waals surface area contributed by atoms with Crippen LogP contribution in [0.5, 0.6) is 17.2 Å². The molecule has 0 aromatic heterocycles. The van der Waals surface area contributed by atoms with Crippen LogP contribution in [0.4, 0.5) is 0 Å². The molecule has 1 aromatic rings. The molecule has 1 N–H and O–H groups in total. The van der Waals surface area contributed by atoms with Crippen molar-refractivity contribution >= 4 is 11.9 Å². The molecule has 0 aliphatic heterocycles. The zero-order chi connectivity index (χ0) is 17.5. The molecule has 7 heteroatoms. The molecule has 7 nitrogen and oxygen atoms in total. The summed E-state index contributed by atoms with van der Waals surface area (Å²) in [6, 6.07) is 3.50. The normalized spacial score (nSPS) is 13.6. The third kappa shape index (κ3) is 4.31. The molecule has 1 aliphatic carbocycles. The van der Waals surface area contributed by atoms with E-state index in [-0.39, 0.29) is 30.9 Å². The number of carbonyl (C=O) groups excluding carboxylic acids is 2. The fraction of sp³-hybridized carbons (Fsp3) is 0.529. The van der Waals surface area contributed by atoms with Crippen LogP contribution >= 0.6 is 0 Å². The van der Waals surface area contributed by atoms with Crippen LogP contribution in [-0.2, 0) is 20.9 Å². The molecule has 24 heavy (non-hydrogen) atoms. The van der Waals surface area contributed by atoms with E-state index >= 15 is 0 Å². The summed E-state index contributed by atoms with van der Waals surface area (Å²) >= 11 is 0. The van der Waals surface area contributed by atoms with E-state index in [9.17, 15) is 9.59 Å². The molecule has 0 atom stereocenters. The Morgan fingerprint density at radius 3 is 2.17 bits per heavy atom. The number of carbonyl (C=O) groups is 2. The van der Waals surface area contributed by atoms with E-state index in [1.54, 1.807) is 12.1 Å². The lowest BCUT2D eigenvalue weighted by molar-refractivity contribution is -0.155. The van der Waals surface area contributed by atoms with Crippen molar-refractivity contribution in [3.05, 3.63) is 17.7 Å². The zero-order valence-corrected chi connectivity index (χ0v) is 14.2. The number of benzene rings is 1. The first-order valence-electron chi connectivity index (χ1n) is 7.81. The number of nitrogens with one attached hydrogen (secondary N) is 1. The summed E-state index contributed by atoms with van der Waals surface area (Å²) in [6.07, 6.45) is 2.75. The average molecular weight is 337 g/mol. The van der Waals surface area contributed by atoms with Crippen LogP contribution < -0.4 is 19.5 Å². The predicted molar refractivity (Wildman–Crippen MR) is 86.2 cm³/mol. The standard InChI is InChI=1S/C17H23NO6/c1-21-13-7-11(8-14(22-2)16(13)23-3)9-18-15(19)10-24-17(20)12-5-4-6-12/h7-8,12H,4-6,9-10H2,1-3H3,(H,18,19). The number of ether oxygens (including phenoxy) is 4. The van der Waals surface area contributed by atoms with Gasteiger partial charge >= 0.3 is 5.97 Å². The Bertz CT molecular complexity index is 572. The van der Waals surface area contributed by atoms with Crippen LogP contribution in [0.3, 0.4) is 0 Å². The van der Waals surface area contributed by atoms with Crippen molar-refractivity contribution in [2.45, 2.75) is 25.8 Å². The quantitative estimate of drug-likeness (QED) is 0.727. The van der Waals surface area contributed by atoms with Gasteiger partial charge in [0.25, 0.3) is 5.91 Å². The molecule has 1 aromatic carbocycles. The number of amides is 1. The minimum Gasteiger partial charge on any atom is -0.493 e. The van der Waals surface area contributed by atoms with Gasteiger partial charge in [-0.15, -0.1) is 0 Å². The molecule has 1 saturated carbocycles. The molecule has 0 radical (unpaired) electrons. The lowest BCUT2D eigenvalue weighted by atomic mass is 9.86. The van der Waals surface area contributed by atoms with Crippen LogP contribution in [0, 0.1) is 5.92 Å². The molecule has 1 aliphatic rings. The van der Waals surface area contributed by atoms with E-state index in [0.717, 1.165) is 24.8 Å². The van der Waals surface area contributed by atoms with E-state index in [2.05, 4.69) is 5.32 Å². The second-order valence-corrected chi connectivity index (χ2v) is 5.55. The van der Waals surface area contributed by atoms with Gasteiger partial charge in [-0.1, -0.05) is 6.42 Å². The number of rotatable bonds is 8. The smallest absolute Gasteiger partial charge is 0.309 e. The third-order valence-electron chi connectivity index (χ3n) is 4.00. The fourth-order valence-electron chi connectivity index (χ4n) is 2.39. The van der Waals surface area contributed by atoms with E-state index in [1.165, 1.54) is 21.3 Å². The van der Waals surface area contributed by atoms with Gasteiger partial charge in [-0.2, -0.15) is 0 Å². The molecule has 2 rings (SSSR count). The Balaban J connectivity index is 1.88. The maximum Gasteiger partial charge on any atom is 0.309 e. The Kier molecular flexibility index (Phi) is 6.28. The van der Waals surface area contributed by atoms with Gasteiger partial charge in [0.05, 0.1) is 27.2 Å². The highest BCUT2D eigenvalue weighted by molar-refractivity contribution is 5.81. The van der Waals surface area contributed by atoms with Crippen molar-refractivity contribution < 1.29 is 28.5 Å². The van der Waals surface area contributed by atoms with Crippen molar-refractivity contribution in [2.24, 2.45) is 5.92 Å². The van der Waals surface area contributed by atoms with Gasteiger partial charge in [0, 0.05) is 6.54 Å². The van der Waals surface area contributed by atoms with Crippen molar-refractivity contribution in [3.8, 4) is 17.2 Å². The fourth-order valence-corrected chi connectivity index (χ4v) is 2.39. The molecule has 0 unspecified atom stereocenters. The Labute approximate surface area is 141 Å². The first kappa shape index (κ1) is 17.9. The molecule has 1 fully saturated rings. The van der Waals surface area contributed by atoms with Crippen LogP contribution in [0.2, 0.25) is 0 Å². The van der Waals surface area contributed by atoms with E-state index < -0.39 is 0 Å². The molecular weight excluding hydrogens is 314 g/mol. The van der Waals surface area contributed by atoms with Crippen molar-refractivity contribution in [2.75, 3.05) is 27.9 Å². The van der Waals surface area contributed by atoms with Crippen LogP contribution in [0.1, 0.15) is 24.8 Å². The highest BCUT2D eigenvalue weighted by atomic mass is 16.5. The first-order valence-corrected chi connectivity index (χ1v) is 7.81. The first-order chi connectivity index (χ1) is 11.6. The maximum absolute atomic E-state index is 11.8. The summed E-state index contributed by atoms with van der Waals surface area (Å²) in [5.41, 5.74) is 0.781. The third-order valence-corrected chi connectivity index (χ3v) is 4.00. The Hall–Kier alpha value is -2.44.